The maximum absolute atomic E-state index is 14.5. The number of methoxy groups -OCH3 is 2. The van der Waals surface area contributed by atoms with Crippen LogP contribution in [0.15, 0.2) is 28.8 Å². The van der Waals surface area contributed by atoms with E-state index in [4.69, 9.17) is 25.5 Å². The van der Waals surface area contributed by atoms with Crippen molar-refractivity contribution in [2.45, 2.75) is 6.10 Å². The molecule has 0 saturated carbocycles. The first kappa shape index (κ1) is 16.5. The van der Waals surface area contributed by atoms with Gasteiger partial charge in [0.05, 0.1) is 26.0 Å². The second-order valence-corrected chi connectivity index (χ2v) is 5.31. The van der Waals surface area contributed by atoms with Crippen molar-refractivity contribution in [1.29, 1.82) is 0 Å². The predicted octanol–water partition coefficient (Wildman–Crippen LogP) is 3.86. The number of nitrogens with zero attached hydrogens (tertiary/aromatic N) is 1. The van der Waals surface area contributed by atoms with E-state index in [0.717, 1.165) is 6.07 Å². The highest BCUT2D eigenvalue weighted by Gasteiger charge is 2.28. The zero-order valence-electron chi connectivity index (χ0n) is 12.6. The molecule has 0 aliphatic rings. The van der Waals surface area contributed by atoms with Gasteiger partial charge < -0.3 is 19.0 Å². The van der Waals surface area contributed by atoms with Gasteiger partial charge in [0, 0.05) is 11.5 Å². The lowest BCUT2D eigenvalue weighted by atomic mass is 10.0. The smallest absolute Gasteiger partial charge is 0.174 e. The molecular formula is C16H12ClF2NO4. The summed E-state index contributed by atoms with van der Waals surface area (Å²) in [7, 11) is 2.45. The number of hydrogen-bond acceptors (Lipinski definition) is 5. The number of aliphatic hydroxyl groups is 1. The Balaban J connectivity index is 2.15. The zero-order chi connectivity index (χ0) is 17.4. The molecular weight excluding hydrogens is 344 g/mol. The average molecular weight is 356 g/mol. The molecule has 1 unspecified atom stereocenters. The number of halogens is 3. The van der Waals surface area contributed by atoms with Crippen molar-refractivity contribution in [3.63, 3.8) is 0 Å². The van der Waals surface area contributed by atoms with Crippen LogP contribution in [0.2, 0.25) is 5.15 Å². The molecule has 0 aliphatic carbocycles. The second-order valence-electron chi connectivity index (χ2n) is 4.92. The third kappa shape index (κ3) is 2.65. The van der Waals surface area contributed by atoms with Crippen LogP contribution < -0.4 is 9.47 Å². The number of aromatic nitrogens is 1. The molecule has 0 bridgehead atoms. The molecule has 2 aromatic heterocycles. The Bertz CT molecular complexity index is 884. The lowest BCUT2D eigenvalue weighted by molar-refractivity contribution is 0.179. The molecule has 2 heterocycles. The molecule has 1 N–H and O–H groups in total. The summed E-state index contributed by atoms with van der Waals surface area (Å²) in [4.78, 5) is 3.84. The van der Waals surface area contributed by atoms with E-state index in [1.165, 1.54) is 32.5 Å². The Labute approximate surface area is 140 Å². The molecule has 24 heavy (non-hydrogen) atoms. The van der Waals surface area contributed by atoms with Gasteiger partial charge in [0.2, 0.25) is 0 Å². The summed E-state index contributed by atoms with van der Waals surface area (Å²) in [6, 6.07) is 4.00. The van der Waals surface area contributed by atoms with Gasteiger partial charge in [0.25, 0.3) is 0 Å². The van der Waals surface area contributed by atoms with Crippen molar-refractivity contribution < 1.29 is 27.8 Å². The Hall–Kier alpha value is -2.38. The van der Waals surface area contributed by atoms with Crippen molar-refractivity contribution in [3.05, 3.63) is 52.5 Å². The highest BCUT2D eigenvalue weighted by Crippen LogP contribution is 2.38. The van der Waals surface area contributed by atoms with Gasteiger partial charge in [-0.3, -0.25) is 0 Å². The van der Waals surface area contributed by atoms with Gasteiger partial charge in [-0.15, -0.1) is 0 Å². The number of benzene rings is 1. The number of hydrogen-bond donors (Lipinski definition) is 1. The molecule has 8 heteroatoms. The van der Waals surface area contributed by atoms with Gasteiger partial charge in [-0.1, -0.05) is 11.6 Å². The van der Waals surface area contributed by atoms with E-state index in [2.05, 4.69) is 4.98 Å². The Morgan fingerprint density at radius 1 is 1.12 bits per heavy atom. The van der Waals surface area contributed by atoms with Gasteiger partial charge in [0.1, 0.15) is 17.0 Å². The monoisotopic (exact) mass is 355 g/mol. The summed E-state index contributed by atoms with van der Waals surface area (Å²) in [5.41, 5.74) is -0.312. The van der Waals surface area contributed by atoms with Crippen LogP contribution in [0.25, 0.3) is 11.0 Å². The van der Waals surface area contributed by atoms with Crippen molar-refractivity contribution in [3.8, 4) is 11.5 Å². The zero-order valence-corrected chi connectivity index (χ0v) is 13.4. The van der Waals surface area contributed by atoms with E-state index in [1.807, 2.05) is 0 Å². The number of fused-ring (bicyclic) bond motifs is 1. The molecule has 1 atom stereocenters. The fourth-order valence-corrected chi connectivity index (χ4v) is 2.53. The molecule has 3 aromatic rings. The van der Waals surface area contributed by atoms with Crippen LogP contribution >= 0.6 is 11.6 Å². The van der Waals surface area contributed by atoms with Crippen LogP contribution in [0.3, 0.4) is 0 Å². The van der Waals surface area contributed by atoms with E-state index < -0.39 is 23.3 Å². The molecule has 0 radical (unpaired) electrons. The van der Waals surface area contributed by atoms with Crippen LogP contribution in [0.4, 0.5) is 8.78 Å². The minimum atomic E-state index is -1.71. The third-order valence-corrected chi connectivity index (χ3v) is 3.75. The average Bonchev–Trinajstić information content (AvgIpc) is 2.98. The molecule has 5 nitrogen and oxygen atoms in total. The van der Waals surface area contributed by atoms with Gasteiger partial charge in [-0.25, -0.2) is 13.8 Å². The Kier molecular flexibility index (Phi) is 4.29. The van der Waals surface area contributed by atoms with Crippen molar-refractivity contribution in [2.75, 3.05) is 14.2 Å². The van der Waals surface area contributed by atoms with Gasteiger partial charge in [0.15, 0.2) is 28.7 Å². The summed E-state index contributed by atoms with van der Waals surface area (Å²) < 4.78 is 44.0. The van der Waals surface area contributed by atoms with Gasteiger partial charge >= 0.3 is 0 Å². The highest BCUT2D eigenvalue weighted by molar-refractivity contribution is 6.30. The summed E-state index contributed by atoms with van der Waals surface area (Å²) in [6.45, 7) is 0. The molecule has 1 aromatic carbocycles. The predicted molar refractivity (Wildman–Crippen MR) is 82.5 cm³/mol. The molecule has 3 rings (SSSR count). The van der Waals surface area contributed by atoms with Crippen LogP contribution in [0.5, 0.6) is 11.5 Å². The Morgan fingerprint density at radius 2 is 1.75 bits per heavy atom. The van der Waals surface area contributed by atoms with Crippen LogP contribution in [-0.4, -0.2) is 24.3 Å². The van der Waals surface area contributed by atoms with Crippen LogP contribution in [-0.2, 0) is 0 Å². The van der Waals surface area contributed by atoms with E-state index in [1.54, 1.807) is 0 Å². The lowest BCUT2D eigenvalue weighted by Crippen LogP contribution is -2.08. The van der Waals surface area contributed by atoms with E-state index in [9.17, 15) is 13.9 Å². The number of ether oxygens (including phenoxy) is 2. The third-order valence-electron chi connectivity index (χ3n) is 3.54. The summed E-state index contributed by atoms with van der Waals surface area (Å²) in [5.74, 6) is -2.67. The number of furan rings is 1. The molecule has 0 aliphatic heterocycles. The molecule has 0 amide bonds. The first-order valence-corrected chi connectivity index (χ1v) is 7.17. The quantitative estimate of drug-likeness (QED) is 0.720. The lowest BCUT2D eigenvalue weighted by Gasteiger charge is -2.15. The highest BCUT2D eigenvalue weighted by atomic mass is 35.5. The SMILES string of the molecule is COc1cc(OC)c(F)c(C(O)c2cc3cc(Cl)ncc3o2)c1F. The Morgan fingerprint density at radius 3 is 2.33 bits per heavy atom. The summed E-state index contributed by atoms with van der Waals surface area (Å²) >= 11 is 5.79. The van der Waals surface area contributed by atoms with E-state index >= 15 is 0 Å². The van der Waals surface area contributed by atoms with Crippen molar-refractivity contribution in [2.24, 2.45) is 0 Å². The fourth-order valence-electron chi connectivity index (χ4n) is 2.36. The van der Waals surface area contributed by atoms with Gasteiger partial charge in [-0.05, 0) is 12.1 Å². The molecule has 0 fully saturated rings. The topological polar surface area (TPSA) is 64.7 Å². The summed E-state index contributed by atoms with van der Waals surface area (Å²) in [5, 5.41) is 11.2. The number of rotatable bonds is 4. The fraction of sp³-hybridized carbons (Fsp3) is 0.188. The first-order valence-electron chi connectivity index (χ1n) is 6.79. The molecule has 0 saturated heterocycles. The summed E-state index contributed by atoms with van der Waals surface area (Å²) in [6.07, 6.45) is -0.354. The number of aliphatic hydroxyl groups excluding tert-OH is 1. The van der Waals surface area contributed by atoms with Crippen molar-refractivity contribution >= 4 is 22.6 Å². The van der Waals surface area contributed by atoms with Gasteiger partial charge in [-0.2, -0.15) is 0 Å². The largest absolute Gasteiger partial charge is 0.494 e. The minimum Gasteiger partial charge on any atom is -0.494 e. The molecule has 126 valence electrons. The second kappa shape index (κ2) is 6.26. The maximum Gasteiger partial charge on any atom is 0.174 e. The standard InChI is InChI=1S/C16H12ClF2NO4/c1-22-8-5-9(23-2)15(19)13(14(8)18)16(21)10-3-7-4-12(17)20-6-11(7)24-10/h3-6,16,21H,1-2H3. The maximum atomic E-state index is 14.5. The van der Waals surface area contributed by atoms with Crippen molar-refractivity contribution in [1.82, 2.24) is 4.98 Å². The first-order chi connectivity index (χ1) is 11.5. The van der Waals surface area contributed by atoms with Crippen LogP contribution in [0, 0.1) is 11.6 Å². The normalized spacial score (nSPS) is 12.4. The van der Waals surface area contributed by atoms with E-state index in [0.29, 0.717) is 11.0 Å². The van der Waals surface area contributed by atoms with E-state index in [-0.39, 0.29) is 22.4 Å². The molecule has 0 spiro atoms. The number of pyridine rings is 1. The van der Waals surface area contributed by atoms with Crippen LogP contribution in [0.1, 0.15) is 17.4 Å². The minimum absolute atomic E-state index is 0.0674.